The van der Waals surface area contributed by atoms with Crippen molar-refractivity contribution in [3.05, 3.63) is 17.8 Å². The predicted octanol–water partition coefficient (Wildman–Crippen LogP) is -0.0136. The number of aliphatic hydroxyl groups excluding tert-OH is 1. The van der Waals surface area contributed by atoms with Crippen LogP contribution in [0.2, 0.25) is 0 Å². The van der Waals surface area contributed by atoms with Gasteiger partial charge < -0.3 is 14.8 Å². The maximum atomic E-state index is 11.0. The number of aryl methyl sites for hydroxylation is 2. The molecule has 2 aromatic rings. The number of hydrogen-bond acceptors (Lipinski definition) is 5. The number of rotatable bonds is 4. The van der Waals surface area contributed by atoms with Crippen LogP contribution in [0.4, 0.5) is 0 Å². The van der Waals surface area contributed by atoms with E-state index < -0.39 is 5.97 Å². The van der Waals surface area contributed by atoms with Crippen LogP contribution in [0.3, 0.4) is 0 Å². The third-order valence-corrected chi connectivity index (χ3v) is 2.51. The number of carbonyl (C=O) groups is 1. The summed E-state index contributed by atoms with van der Waals surface area (Å²) in [5, 5.41) is 17.8. The van der Waals surface area contributed by atoms with Crippen molar-refractivity contribution in [2.75, 3.05) is 6.61 Å². The van der Waals surface area contributed by atoms with Gasteiger partial charge >= 0.3 is 5.97 Å². The van der Waals surface area contributed by atoms with Crippen LogP contribution in [-0.4, -0.2) is 42.3 Å². The van der Waals surface area contributed by atoms with Gasteiger partial charge in [0.25, 0.3) is 0 Å². The van der Waals surface area contributed by atoms with E-state index in [0.717, 1.165) is 0 Å². The third kappa shape index (κ3) is 1.96. The molecule has 2 N–H and O–H groups in total. The Balaban J connectivity index is 2.56. The zero-order valence-corrected chi connectivity index (χ0v) is 9.29. The van der Waals surface area contributed by atoms with Crippen LogP contribution in [0, 0.1) is 0 Å². The van der Waals surface area contributed by atoms with Gasteiger partial charge in [0, 0.05) is 20.1 Å². The Morgan fingerprint density at radius 1 is 1.47 bits per heavy atom. The summed E-state index contributed by atoms with van der Waals surface area (Å²) in [7, 11) is 1.76. The summed E-state index contributed by atoms with van der Waals surface area (Å²) >= 11 is 0. The van der Waals surface area contributed by atoms with Crippen molar-refractivity contribution in [3.63, 3.8) is 0 Å². The quantitative estimate of drug-likeness (QED) is 0.774. The second-order valence-corrected chi connectivity index (χ2v) is 3.61. The van der Waals surface area contributed by atoms with Crippen LogP contribution >= 0.6 is 0 Å². The second kappa shape index (κ2) is 4.46. The summed E-state index contributed by atoms with van der Waals surface area (Å²) in [6.07, 6.45) is 2.36. The molecule has 0 fully saturated rings. The largest absolute Gasteiger partial charge is 0.476 e. The van der Waals surface area contributed by atoms with Crippen molar-refractivity contribution in [1.29, 1.82) is 0 Å². The first-order valence-electron chi connectivity index (χ1n) is 5.15. The molecular weight excluding hydrogens is 224 g/mol. The second-order valence-electron chi connectivity index (χ2n) is 3.61. The van der Waals surface area contributed by atoms with Crippen LogP contribution in [0.5, 0.6) is 0 Å². The standard InChI is InChI=1S/C10H12N4O3/c1-14-6(3-2-4-15)13-7-8(10(16)17)11-5-12-9(7)14/h5,15H,2-4H2,1H3,(H,16,17). The number of fused-ring (bicyclic) bond motifs is 1. The van der Waals surface area contributed by atoms with Crippen LogP contribution in [0.25, 0.3) is 11.2 Å². The molecule has 0 spiro atoms. The Kier molecular flexibility index (Phi) is 3.01. The normalized spacial score (nSPS) is 10.9. The molecule has 0 radical (unpaired) electrons. The third-order valence-electron chi connectivity index (χ3n) is 2.51. The smallest absolute Gasteiger partial charge is 0.356 e. The molecule has 7 nitrogen and oxygen atoms in total. The van der Waals surface area contributed by atoms with E-state index >= 15 is 0 Å². The van der Waals surface area contributed by atoms with Gasteiger partial charge in [0.15, 0.2) is 11.3 Å². The fourth-order valence-corrected chi connectivity index (χ4v) is 1.66. The van der Waals surface area contributed by atoms with Gasteiger partial charge in [0.05, 0.1) is 0 Å². The topological polar surface area (TPSA) is 101 Å². The predicted molar refractivity (Wildman–Crippen MR) is 58.7 cm³/mol. The summed E-state index contributed by atoms with van der Waals surface area (Å²) in [5.41, 5.74) is 0.682. The molecule has 0 unspecified atom stereocenters. The Morgan fingerprint density at radius 2 is 2.24 bits per heavy atom. The Bertz CT molecular complexity index is 564. The number of imidazole rings is 1. The first kappa shape index (κ1) is 11.5. The molecule has 0 aromatic carbocycles. The van der Waals surface area contributed by atoms with E-state index in [4.69, 9.17) is 10.2 Å². The SMILES string of the molecule is Cn1c(CCCO)nc2c(C(=O)O)ncnc21. The minimum absolute atomic E-state index is 0.0701. The minimum Gasteiger partial charge on any atom is -0.476 e. The molecule has 7 heteroatoms. The van der Waals surface area contributed by atoms with E-state index in [1.54, 1.807) is 11.6 Å². The van der Waals surface area contributed by atoms with Gasteiger partial charge in [-0.1, -0.05) is 0 Å². The van der Waals surface area contributed by atoms with Gasteiger partial charge in [0.2, 0.25) is 0 Å². The van der Waals surface area contributed by atoms with Crippen LogP contribution < -0.4 is 0 Å². The monoisotopic (exact) mass is 236 g/mol. The van der Waals surface area contributed by atoms with Gasteiger partial charge in [-0.25, -0.2) is 19.7 Å². The van der Waals surface area contributed by atoms with Crippen molar-refractivity contribution >= 4 is 17.1 Å². The molecule has 0 amide bonds. The fraction of sp³-hybridized carbons (Fsp3) is 0.400. The van der Waals surface area contributed by atoms with E-state index in [2.05, 4.69) is 15.0 Å². The van der Waals surface area contributed by atoms with Crippen molar-refractivity contribution in [2.24, 2.45) is 7.05 Å². The maximum Gasteiger partial charge on any atom is 0.356 e. The average molecular weight is 236 g/mol. The van der Waals surface area contributed by atoms with Crippen LogP contribution in [-0.2, 0) is 13.5 Å². The van der Waals surface area contributed by atoms with E-state index in [9.17, 15) is 4.79 Å². The van der Waals surface area contributed by atoms with Crippen LogP contribution in [0.1, 0.15) is 22.7 Å². The molecule has 0 aliphatic carbocycles. The number of aromatic carboxylic acids is 1. The lowest BCUT2D eigenvalue weighted by Crippen LogP contribution is -2.02. The van der Waals surface area contributed by atoms with Gasteiger partial charge in [-0.15, -0.1) is 0 Å². The average Bonchev–Trinajstić information content (AvgIpc) is 2.63. The van der Waals surface area contributed by atoms with E-state index in [1.165, 1.54) is 6.33 Å². The number of carboxylic acid groups (broad SMARTS) is 1. The molecule has 2 heterocycles. The lowest BCUT2D eigenvalue weighted by molar-refractivity contribution is 0.0692. The van der Waals surface area contributed by atoms with Crippen molar-refractivity contribution in [2.45, 2.75) is 12.8 Å². The molecule has 0 aliphatic heterocycles. The molecule has 0 saturated carbocycles. The molecule has 17 heavy (non-hydrogen) atoms. The summed E-state index contributed by atoms with van der Waals surface area (Å²) < 4.78 is 1.72. The first-order valence-corrected chi connectivity index (χ1v) is 5.15. The molecule has 0 bridgehead atoms. The Hall–Kier alpha value is -2.02. The van der Waals surface area contributed by atoms with Crippen LogP contribution in [0.15, 0.2) is 6.33 Å². The maximum absolute atomic E-state index is 11.0. The molecular formula is C10H12N4O3. The highest BCUT2D eigenvalue weighted by molar-refractivity contribution is 5.97. The Labute approximate surface area is 96.8 Å². The molecule has 90 valence electrons. The summed E-state index contributed by atoms with van der Waals surface area (Å²) in [6, 6.07) is 0. The summed E-state index contributed by atoms with van der Waals surface area (Å²) in [5.74, 6) is -0.429. The van der Waals surface area contributed by atoms with E-state index in [0.29, 0.717) is 24.3 Å². The molecule has 0 saturated heterocycles. The van der Waals surface area contributed by atoms with Gasteiger partial charge in [-0.05, 0) is 6.42 Å². The number of hydrogen-bond donors (Lipinski definition) is 2. The lowest BCUT2D eigenvalue weighted by atomic mass is 10.3. The first-order chi connectivity index (χ1) is 8.15. The van der Waals surface area contributed by atoms with Gasteiger partial charge in [0.1, 0.15) is 17.7 Å². The zero-order chi connectivity index (χ0) is 12.4. The minimum atomic E-state index is -1.12. The molecule has 0 aliphatic rings. The molecule has 0 atom stereocenters. The van der Waals surface area contributed by atoms with Crippen molar-refractivity contribution in [1.82, 2.24) is 19.5 Å². The fourth-order valence-electron chi connectivity index (χ4n) is 1.66. The highest BCUT2D eigenvalue weighted by Gasteiger charge is 2.17. The van der Waals surface area contributed by atoms with Gasteiger partial charge in [-0.2, -0.15) is 0 Å². The number of nitrogens with zero attached hydrogens (tertiary/aromatic N) is 4. The summed E-state index contributed by atoms with van der Waals surface area (Å²) in [6.45, 7) is 0.0701. The van der Waals surface area contributed by atoms with E-state index in [1.807, 2.05) is 0 Å². The van der Waals surface area contributed by atoms with Crippen molar-refractivity contribution in [3.8, 4) is 0 Å². The number of aliphatic hydroxyl groups is 1. The van der Waals surface area contributed by atoms with Gasteiger partial charge in [-0.3, -0.25) is 0 Å². The number of carboxylic acids is 1. The lowest BCUT2D eigenvalue weighted by Gasteiger charge is -1.99. The molecule has 2 rings (SSSR count). The zero-order valence-electron chi connectivity index (χ0n) is 9.29. The van der Waals surface area contributed by atoms with E-state index in [-0.39, 0.29) is 17.8 Å². The Morgan fingerprint density at radius 3 is 2.88 bits per heavy atom. The van der Waals surface area contributed by atoms with Crippen molar-refractivity contribution < 1.29 is 15.0 Å². The summed E-state index contributed by atoms with van der Waals surface area (Å²) in [4.78, 5) is 22.9. The highest BCUT2D eigenvalue weighted by Crippen LogP contribution is 2.15. The highest BCUT2D eigenvalue weighted by atomic mass is 16.4. The number of aromatic nitrogens is 4. The molecule has 2 aromatic heterocycles.